The number of benzene rings is 2. The molecule has 2 aromatic rings. The van der Waals surface area contributed by atoms with E-state index in [-0.39, 0.29) is 36.6 Å². The van der Waals surface area contributed by atoms with Crippen molar-refractivity contribution in [3.63, 3.8) is 0 Å². The van der Waals surface area contributed by atoms with Crippen LogP contribution in [-0.2, 0) is 37.4 Å². The number of esters is 2. The SMILES string of the molecule is CCOC(=O)C1(C(=O)OCC)CC2C3Cc4ccc(OCC)cc4[C@@]2(C)CC1N3Cc1ccccc1. The summed E-state index contributed by atoms with van der Waals surface area (Å²) in [4.78, 5) is 29.7. The van der Waals surface area contributed by atoms with Crippen LogP contribution in [0.2, 0.25) is 0 Å². The molecule has 4 bridgehead atoms. The first-order chi connectivity index (χ1) is 17.4. The van der Waals surface area contributed by atoms with E-state index < -0.39 is 17.4 Å². The van der Waals surface area contributed by atoms with Crippen LogP contribution >= 0.6 is 0 Å². The van der Waals surface area contributed by atoms with Crippen LogP contribution in [0.3, 0.4) is 0 Å². The first-order valence-electron chi connectivity index (χ1n) is 13.3. The average Bonchev–Trinajstić information content (AvgIpc) is 2.87. The van der Waals surface area contributed by atoms with Crippen LogP contribution < -0.4 is 4.74 Å². The van der Waals surface area contributed by atoms with Crippen molar-refractivity contribution < 1.29 is 23.8 Å². The summed E-state index contributed by atoms with van der Waals surface area (Å²) in [5.74, 6) is 0.0896. The van der Waals surface area contributed by atoms with Crippen LogP contribution in [0.5, 0.6) is 5.75 Å². The summed E-state index contributed by atoms with van der Waals surface area (Å²) < 4.78 is 17.0. The van der Waals surface area contributed by atoms with E-state index >= 15 is 0 Å². The smallest absolute Gasteiger partial charge is 0.325 e. The van der Waals surface area contributed by atoms with Crippen molar-refractivity contribution in [2.45, 2.75) is 71.0 Å². The van der Waals surface area contributed by atoms with E-state index in [1.165, 1.54) is 16.7 Å². The molecule has 4 atom stereocenters. The van der Waals surface area contributed by atoms with Crippen molar-refractivity contribution in [2.75, 3.05) is 19.8 Å². The van der Waals surface area contributed by atoms with Gasteiger partial charge >= 0.3 is 11.9 Å². The van der Waals surface area contributed by atoms with Crippen LogP contribution in [0.25, 0.3) is 0 Å². The van der Waals surface area contributed by atoms with E-state index in [0.717, 1.165) is 12.2 Å². The second kappa shape index (κ2) is 9.55. The van der Waals surface area contributed by atoms with Crippen molar-refractivity contribution in [1.29, 1.82) is 0 Å². The van der Waals surface area contributed by atoms with Gasteiger partial charge in [0.05, 0.1) is 19.8 Å². The zero-order chi connectivity index (χ0) is 25.5. The van der Waals surface area contributed by atoms with Gasteiger partial charge in [-0.2, -0.15) is 0 Å². The van der Waals surface area contributed by atoms with Crippen LogP contribution in [0, 0.1) is 11.3 Å². The Hall–Kier alpha value is -2.86. The Balaban J connectivity index is 1.64. The van der Waals surface area contributed by atoms with E-state index in [9.17, 15) is 9.59 Å². The molecule has 0 aromatic heterocycles. The van der Waals surface area contributed by atoms with Gasteiger partial charge in [0.15, 0.2) is 5.41 Å². The fourth-order valence-corrected chi connectivity index (χ4v) is 7.24. The zero-order valence-electron chi connectivity index (χ0n) is 21.8. The van der Waals surface area contributed by atoms with Crippen LogP contribution in [-0.4, -0.2) is 48.7 Å². The number of nitrogens with zero attached hydrogens (tertiary/aromatic N) is 1. The topological polar surface area (TPSA) is 65.1 Å². The van der Waals surface area contributed by atoms with Gasteiger partial charge in [0.1, 0.15) is 5.75 Å². The summed E-state index contributed by atoms with van der Waals surface area (Å²) in [6.45, 7) is 9.65. The molecule has 0 radical (unpaired) electrons. The number of hydrogen-bond acceptors (Lipinski definition) is 6. The van der Waals surface area contributed by atoms with Crippen molar-refractivity contribution >= 4 is 11.9 Å². The molecule has 6 rings (SSSR count). The third kappa shape index (κ3) is 3.73. The molecule has 3 unspecified atom stereocenters. The minimum atomic E-state index is -1.32. The summed E-state index contributed by atoms with van der Waals surface area (Å²) in [5, 5.41) is 0. The van der Waals surface area contributed by atoms with E-state index in [0.29, 0.717) is 26.0 Å². The molecule has 2 aromatic carbocycles. The van der Waals surface area contributed by atoms with Gasteiger partial charge in [-0.1, -0.05) is 43.3 Å². The molecular weight excluding hydrogens is 454 g/mol. The highest BCUT2D eigenvalue weighted by Gasteiger charge is 2.70. The second-order valence-corrected chi connectivity index (χ2v) is 10.5. The Kier molecular flexibility index (Phi) is 6.58. The Morgan fingerprint density at radius 3 is 2.28 bits per heavy atom. The van der Waals surface area contributed by atoms with Gasteiger partial charge in [-0.25, -0.2) is 0 Å². The zero-order valence-corrected chi connectivity index (χ0v) is 21.8. The monoisotopic (exact) mass is 491 g/mol. The summed E-state index contributed by atoms with van der Waals surface area (Å²) in [6.07, 6.45) is 2.01. The molecule has 6 nitrogen and oxygen atoms in total. The minimum absolute atomic E-state index is 0.101. The summed E-state index contributed by atoms with van der Waals surface area (Å²) in [6, 6.07) is 16.7. The highest BCUT2D eigenvalue weighted by molar-refractivity contribution is 6.01. The maximum absolute atomic E-state index is 13.7. The molecule has 1 saturated carbocycles. The maximum Gasteiger partial charge on any atom is 0.325 e. The molecule has 2 aliphatic heterocycles. The molecule has 0 spiro atoms. The number of ether oxygens (including phenoxy) is 3. The first kappa shape index (κ1) is 24.8. The number of rotatable bonds is 8. The summed E-state index contributed by atoms with van der Waals surface area (Å²) in [5.41, 5.74) is 2.30. The number of hydrogen-bond donors (Lipinski definition) is 0. The Morgan fingerprint density at radius 1 is 0.944 bits per heavy atom. The van der Waals surface area contributed by atoms with E-state index in [2.05, 4.69) is 42.2 Å². The molecule has 36 heavy (non-hydrogen) atoms. The molecule has 0 N–H and O–H groups in total. The molecule has 192 valence electrons. The van der Waals surface area contributed by atoms with E-state index in [4.69, 9.17) is 14.2 Å². The van der Waals surface area contributed by atoms with Gasteiger partial charge in [0.2, 0.25) is 0 Å². The molecule has 3 fully saturated rings. The highest BCUT2D eigenvalue weighted by atomic mass is 16.6. The maximum atomic E-state index is 13.7. The number of piperidine rings is 2. The van der Waals surface area contributed by atoms with Gasteiger partial charge in [-0.15, -0.1) is 0 Å². The average molecular weight is 492 g/mol. The minimum Gasteiger partial charge on any atom is -0.494 e. The largest absolute Gasteiger partial charge is 0.494 e. The molecule has 6 heteroatoms. The predicted octanol–water partition coefficient (Wildman–Crippen LogP) is 4.67. The third-order valence-corrected chi connectivity index (χ3v) is 8.76. The third-order valence-electron chi connectivity index (χ3n) is 8.76. The van der Waals surface area contributed by atoms with Crippen molar-refractivity contribution in [2.24, 2.45) is 11.3 Å². The highest BCUT2D eigenvalue weighted by Crippen LogP contribution is 2.63. The lowest BCUT2D eigenvalue weighted by Gasteiger charge is -2.66. The lowest BCUT2D eigenvalue weighted by molar-refractivity contribution is -0.205. The molecule has 2 heterocycles. The summed E-state index contributed by atoms with van der Waals surface area (Å²) in [7, 11) is 0. The number of carbonyl (C=O) groups is 2. The number of carbonyl (C=O) groups excluding carboxylic acids is 2. The normalized spacial score (nSPS) is 27.7. The van der Waals surface area contributed by atoms with Gasteiger partial charge in [0, 0.05) is 18.6 Å². The molecule has 0 amide bonds. The van der Waals surface area contributed by atoms with Gasteiger partial charge in [-0.3, -0.25) is 14.5 Å². The van der Waals surface area contributed by atoms with E-state index in [1.54, 1.807) is 13.8 Å². The first-order valence-corrected chi connectivity index (χ1v) is 13.3. The molecule has 2 aliphatic carbocycles. The Labute approximate surface area is 213 Å². The summed E-state index contributed by atoms with van der Waals surface area (Å²) >= 11 is 0. The Morgan fingerprint density at radius 2 is 1.64 bits per heavy atom. The quantitative estimate of drug-likeness (QED) is 0.395. The lowest BCUT2D eigenvalue weighted by Crippen LogP contribution is -2.75. The van der Waals surface area contributed by atoms with Gasteiger partial charge < -0.3 is 14.2 Å². The van der Waals surface area contributed by atoms with Crippen molar-refractivity contribution in [3.05, 3.63) is 65.2 Å². The van der Waals surface area contributed by atoms with Crippen molar-refractivity contribution in [1.82, 2.24) is 4.90 Å². The van der Waals surface area contributed by atoms with Crippen LogP contribution in [0.15, 0.2) is 48.5 Å². The standard InChI is InChI=1S/C30H37NO5/c1-5-34-22-14-13-21-15-25-24-17-30(27(32)35-6-2,28(33)36-7-3)26(18-29(24,4)23(21)16-22)31(25)19-20-11-9-8-10-12-20/h8-14,16,24-26H,5-7,15,17-19H2,1-4H3/t24?,25?,26?,29-/m1/s1. The van der Waals surface area contributed by atoms with Gasteiger partial charge in [0.25, 0.3) is 0 Å². The van der Waals surface area contributed by atoms with Crippen LogP contribution in [0.1, 0.15) is 57.2 Å². The fraction of sp³-hybridized carbons (Fsp3) is 0.533. The molecule has 4 aliphatic rings. The molecule has 2 saturated heterocycles. The Bertz CT molecular complexity index is 1110. The van der Waals surface area contributed by atoms with E-state index in [1.807, 2.05) is 25.1 Å². The fourth-order valence-electron chi connectivity index (χ4n) is 7.24. The lowest BCUT2D eigenvalue weighted by atomic mass is 9.46. The molecular formula is C30H37NO5. The second-order valence-electron chi connectivity index (χ2n) is 10.5. The predicted molar refractivity (Wildman–Crippen MR) is 137 cm³/mol. The number of fused-ring (bicyclic) bond motifs is 2. The van der Waals surface area contributed by atoms with Crippen molar-refractivity contribution in [3.8, 4) is 5.75 Å². The van der Waals surface area contributed by atoms with Crippen LogP contribution in [0.4, 0.5) is 0 Å². The van der Waals surface area contributed by atoms with Gasteiger partial charge in [-0.05, 0) is 80.2 Å².